The molecule has 0 aliphatic heterocycles. The Bertz CT molecular complexity index is 176. The molecule has 0 radical (unpaired) electrons. The van der Waals surface area contributed by atoms with Gasteiger partial charge in [0.25, 0.3) is 0 Å². The largest absolute Gasteiger partial charge is 0.315 e. The molecular weight excluding hydrogens is 236 g/mol. The Labute approximate surface area is 112 Å². The molecule has 0 aliphatic carbocycles. The molecule has 0 fully saturated rings. The van der Waals surface area contributed by atoms with Gasteiger partial charge in [0, 0.05) is 24.4 Å². The quantitative estimate of drug-likeness (QED) is 0.379. The first-order chi connectivity index (χ1) is 7.31. The summed E-state index contributed by atoms with van der Waals surface area (Å²) in [6, 6.07) is 0. The maximum Gasteiger partial charge on any atom is 0.0136 e. The summed E-state index contributed by atoms with van der Waals surface area (Å²) in [6.45, 7) is 12.9. The Balaban J connectivity index is 3.51. The highest BCUT2D eigenvalue weighted by molar-refractivity contribution is 7.81. The van der Waals surface area contributed by atoms with E-state index in [1.807, 2.05) is 0 Å². The molecule has 98 valence electrons. The second kappa shape index (κ2) is 7.85. The maximum atomic E-state index is 4.64. The van der Waals surface area contributed by atoms with E-state index in [1.165, 1.54) is 0 Å². The second-order valence-electron chi connectivity index (χ2n) is 5.45. The zero-order valence-electron chi connectivity index (χ0n) is 11.1. The summed E-state index contributed by atoms with van der Waals surface area (Å²) in [5.74, 6) is 0.960. The molecule has 0 amide bonds. The topological polar surface area (TPSA) is 24.1 Å². The first-order valence-corrected chi connectivity index (χ1v) is 7.14. The van der Waals surface area contributed by atoms with Crippen LogP contribution in [0.5, 0.6) is 0 Å². The lowest BCUT2D eigenvalue weighted by Gasteiger charge is -2.38. The van der Waals surface area contributed by atoms with Gasteiger partial charge in [-0.1, -0.05) is 27.7 Å². The van der Waals surface area contributed by atoms with E-state index in [0.29, 0.717) is 0 Å². The Hall–Kier alpha value is 0.620. The molecule has 2 nitrogen and oxygen atoms in total. The highest BCUT2D eigenvalue weighted by Crippen LogP contribution is 2.34. The van der Waals surface area contributed by atoms with Gasteiger partial charge in [0.15, 0.2) is 0 Å². The smallest absolute Gasteiger partial charge is 0.0136 e. The average molecular weight is 265 g/mol. The van der Waals surface area contributed by atoms with E-state index in [0.717, 1.165) is 38.4 Å². The van der Waals surface area contributed by atoms with Crippen molar-refractivity contribution in [1.82, 2.24) is 10.6 Å². The lowest BCUT2D eigenvalue weighted by Crippen LogP contribution is -2.43. The third kappa shape index (κ3) is 7.05. The molecule has 0 aromatic heterocycles. The number of nitrogens with one attached hydrogen (secondary N) is 2. The normalized spacial score (nSPS) is 13.1. The van der Waals surface area contributed by atoms with Gasteiger partial charge in [-0.2, -0.15) is 25.3 Å². The summed E-state index contributed by atoms with van der Waals surface area (Å²) < 4.78 is 0.0411. The van der Waals surface area contributed by atoms with Crippen molar-refractivity contribution < 1.29 is 0 Å². The fraction of sp³-hybridized carbons (Fsp3) is 1.00. The van der Waals surface area contributed by atoms with E-state index in [2.05, 4.69) is 63.6 Å². The minimum Gasteiger partial charge on any atom is -0.315 e. The number of rotatable bonds is 9. The van der Waals surface area contributed by atoms with Gasteiger partial charge in [0.2, 0.25) is 0 Å². The van der Waals surface area contributed by atoms with Crippen molar-refractivity contribution in [3.63, 3.8) is 0 Å². The molecule has 0 saturated carbocycles. The lowest BCUT2D eigenvalue weighted by atomic mass is 9.80. The van der Waals surface area contributed by atoms with Crippen LogP contribution in [-0.2, 0) is 0 Å². The molecule has 4 heteroatoms. The van der Waals surface area contributed by atoms with Crippen LogP contribution in [-0.4, -0.2) is 36.7 Å². The van der Waals surface area contributed by atoms with Crippen LogP contribution in [0, 0.1) is 5.41 Å². The van der Waals surface area contributed by atoms with Crippen LogP contribution in [0.3, 0.4) is 0 Å². The summed E-state index contributed by atoms with van der Waals surface area (Å²) in [5, 5.41) is 6.86. The fourth-order valence-corrected chi connectivity index (χ4v) is 1.36. The van der Waals surface area contributed by atoms with Gasteiger partial charge in [-0.15, -0.1) is 0 Å². The molecular formula is C12H28N2S2. The third-order valence-corrected chi connectivity index (χ3v) is 4.13. The molecule has 0 heterocycles. The summed E-state index contributed by atoms with van der Waals surface area (Å²) >= 11 is 8.81. The van der Waals surface area contributed by atoms with E-state index in [9.17, 15) is 0 Å². The Kier molecular flexibility index (Phi) is 8.16. The molecule has 2 N–H and O–H groups in total. The molecule has 0 bridgehead atoms. The molecule has 0 aromatic carbocycles. The molecule has 0 aliphatic rings. The average Bonchev–Trinajstić information content (AvgIpc) is 2.14. The van der Waals surface area contributed by atoms with Crippen LogP contribution in [0.15, 0.2) is 0 Å². The van der Waals surface area contributed by atoms with Crippen molar-refractivity contribution >= 4 is 25.3 Å². The first-order valence-electron chi connectivity index (χ1n) is 6.06. The number of thiol groups is 2. The molecule has 16 heavy (non-hydrogen) atoms. The molecule has 0 spiro atoms. The van der Waals surface area contributed by atoms with Crippen LogP contribution in [0.25, 0.3) is 0 Å². The van der Waals surface area contributed by atoms with Crippen LogP contribution in [0.4, 0.5) is 0 Å². The third-order valence-electron chi connectivity index (χ3n) is 3.21. The van der Waals surface area contributed by atoms with E-state index in [4.69, 9.17) is 0 Å². The first kappa shape index (κ1) is 16.6. The number of hydrogen-bond donors (Lipinski definition) is 4. The lowest BCUT2D eigenvalue weighted by molar-refractivity contribution is 0.271. The van der Waals surface area contributed by atoms with Crippen molar-refractivity contribution in [2.75, 3.05) is 31.9 Å². The fourth-order valence-electron chi connectivity index (χ4n) is 1.12. The zero-order valence-corrected chi connectivity index (χ0v) is 12.9. The summed E-state index contributed by atoms with van der Waals surface area (Å²) in [4.78, 5) is 0. The minimum absolute atomic E-state index is 0.0411. The summed E-state index contributed by atoms with van der Waals surface area (Å²) in [6.07, 6.45) is 1.14. The minimum atomic E-state index is 0.0411. The molecule has 0 atom stereocenters. The highest BCUT2D eigenvalue weighted by Gasteiger charge is 2.32. The van der Waals surface area contributed by atoms with Gasteiger partial charge in [-0.25, -0.2) is 0 Å². The van der Waals surface area contributed by atoms with E-state index >= 15 is 0 Å². The van der Waals surface area contributed by atoms with E-state index in [-0.39, 0.29) is 10.2 Å². The van der Waals surface area contributed by atoms with Gasteiger partial charge in [0.05, 0.1) is 0 Å². The predicted molar refractivity (Wildman–Crippen MR) is 81.1 cm³/mol. The van der Waals surface area contributed by atoms with Gasteiger partial charge < -0.3 is 10.6 Å². The van der Waals surface area contributed by atoms with Crippen LogP contribution in [0.2, 0.25) is 0 Å². The van der Waals surface area contributed by atoms with Crippen LogP contribution in [0.1, 0.15) is 34.1 Å². The van der Waals surface area contributed by atoms with Crippen molar-refractivity contribution in [2.24, 2.45) is 5.41 Å². The zero-order chi connectivity index (χ0) is 12.7. The Morgan fingerprint density at radius 2 is 1.50 bits per heavy atom. The van der Waals surface area contributed by atoms with Gasteiger partial charge in [-0.3, -0.25) is 0 Å². The highest BCUT2D eigenvalue weighted by atomic mass is 32.1. The molecule has 0 rings (SSSR count). The Morgan fingerprint density at radius 3 is 2.00 bits per heavy atom. The maximum absolute atomic E-state index is 4.64. The SMILES string of the molecule is CC(C)(S)C(C)(C)CNCCNCCCS. The van der Waals surface area contributed by atoms with Crippen molar-refractivity contribution in [2.45, 2.75) is 38.9 Å². The summed E-state index contributed by atoms with van der Waals surface area (Å²) in [7, 11) is 0. The van der Waals surface area contributed by atoms with Gasteiger partial charge >= 0.3 is 0 Å². The van der Waals surface area contributed by atoms with E-state index < -0.39 is 0 Å². The van der Waals surface area contributed by atoms with Gasteiger partial charge in [0.1, 0.15) is 0 Å². The monoisotopic (exact) mass is 264 g/mol. The molecule has 0 saturated heterocycles. The van der Waals surface area contributed by atoms with Crippen LogP contribution < -0.4 is 10.6 Å². The molecule has 0 aromatic rings. The predicted octanol–water partition coefficient (Wildman–Crippen LogP) is 2.22. The molecule has 0 unspecified atom stereocenters. The van der Waals surface area contributed by atoms with Crippen molar-refractivity contribution in [1.29, 1.82) is 0 Å². The van der Waals surface area contributed by atoms with Crippen LogP contribution >= 0.6 is 25.3 Å². The van der Waals surface area contributed by atoms with Crippen molar-refractivity contribution in [3.8, 4) is 0 Å². The number of hydrogen-bond acceptors (Lipinski definition) is 4. The standard InChI is InChI=1S/C12H28N2S2/c1-11(2,12(3,4)16)10-14-8-7-13-6-5-9-15/h13-16H,5-10H2,1-4H3. The second-order valence-corrected chi connectivity index (χ2v) is 7.01. The van der Waals surface area contributed by atoms with Gasteiger partial charge in [-0.05, 0) is 24.1 Å². The van der Waals surface area contributed by atoms with Crippen molar-refractivity contribution in [3.05, 3.63) is 0 Å². The Morgan fingerprint density at radius 1 is 0.938 bits per heavy atom. The summed E-state index contributed by atoms with van der Waals surface area (Å²) in [5.41, 5.74) is 0.196. The van der Waals surface area contributed by atoms with E-state index in [1.54, 1.807) is 0 Å².